The van der Waals surface area contributed by atoms with Gasteiger partial charge in [-0.3, -0.25) is 4.57 Å². The van der Waals surface area contributed by atoms with Gasteiger partial charge in [-0.1, -0.05) is 0 Å². The molecule has 2 fully saturated rings. The lowest BCUT2D eigenvalue weighted by atomic mass is 10.1. The Morgan fingerprint density at radius 1 is 1.36 bits per heavy atom. The Bertz CT molecular complexity index is 793. The highest BCUT2D eigenvalue weighted by Gasteiger charge is 2.45. The number of nitrogens with one attached hydrogen (secondary N) is 1. The number of amides is 1. The molecule has 3 heterocycles. The van der Waals surface area contributed by atoms with Crippen LogP contribution < -0.4 is 11.1 Å². The van der Waals surface area contributed by atoms with Gasteiger partial charge in [0, 0.05) is 6.04 Å². The number of aliphatic hydroxyl groups is 2. The lowest BCUT2D eigenvalue weighted by molar-refractivity contribution is -0.0533. The van der Waals surface area contributed by atoms with Crippen molar-refractivity contribution in [2.45, 2.75) is 43.4 Å². The fourth-order valence-electron chi connectivity index (χ4n) is 2.75. The minimum Gasteiger partial charge on any atom is -0.447 e. The zero-order chi connectivity index (χ0) is 17.6. The van der Waals surface area contributed by atoms with Crippen molar-refractivity contribution in [1.82, 2.24) is 24.8 Å². The summed E-state index contributed by atoms with van der Waals surface area (Å²) < 4.78 is 12.2. The molecule has 0 unspecified atom stereocenters. The maximum atomic E-state index is 11.6. The second-order valence-corrected chi connectivity index (χ2v) is 6.15. The van der Waals surface area contributed by atoms with Crippen molar-refractivity contribution >= 4 is 23.1 Å². The topological polar surface area (TPSA) is 158 Å². The molecular weight excluding hydrogens is 332 g/mol. The molecule has 4 rings (SSSR count). The summed E-state index contributed by atoms with van der Waals surface area (Å²) in [6.07, 6.45) is -0.283. The Morgan fingerprint density at radius 3 is 2.92 bits per heavy atom. The van der Waals surface area contributed by atoms with Crippen LogP contribution in [-0.4, -0.2) is 66.8 Å². The molecule has 1 saturated carbocycles. The second-order valence-electron chi connectivity index (χ2n) is 6.15. The number of hydrogen-bond donors (Lipinski definition) is 4. The highest BCUT2D eigenvalue weighted by molar-refractivity contribution is 5.81. The first-order valence-electron chi connectivity index (χ1n) is 7.92. The van der Waals surface area contributed by atoms with Gasteiger partial charge < -0.3 is 30.7 Å². The van der Waals surface area contributed by atoms with E-state index in [0.29, 0.717) is 11.2 Å². The van der Waals surface area contributed by atoms with Crippen LogP contribution in [0.4, 0.5) is 10.6 Å². The van der Waals surface area contributed by atoms with Gasteiger partial charge in [-0.05, 0) is 12.8 Å². The fourth-order valence-corrected chi connectivity index (χ4v) is 2.75. The first-order valence-corrected chi connectivity index (χ1v) is 7.92. The summed E-state index contributed by atoms with van der Waals surface area (Å²) in [4.78, 5) is 23.6. The molecule has 4 atom stereocenters. The monoisotopic (exact) mass is 350 g/mol. The summed E-state index contributed by atoms with van der Waals surface area (Å²) in [7, 11) is 0. The van der Waals surface area contributed by atoms with Crippen LogP contribution >= 0.6 is 0 Å². The number of fused-ring (bicyclic) bond motifs is 1. The number of carbonyl (C=O) groups excluding carboxylic acids is 1. The normalized spacial score (nSPS) is 29.0. The molecule has 11 heteroatoms. The van der Waals surface area contributed by atoms with Gasteiger partial charge in [0.2, 0.25) is 0 Å². The number of hydrogen-bond acceptors (Lipinski definition) is 9. The minimum absolute atomic E-state index is 0.169. The number of nitrogens with zero attached hydrogens (tertiary/aromatic N) is 4. The lowest BCUT2D eigenvalue weighted by Crippen LogP contribution is -2.36. The van der Waals surface area contributed by atoms with E-state index >= 15 is 0 Å². The Hall–Kier alpha value is -2.50. The molecule has 2 aromatic heterocycles. The first-order chi connectivity index (χ1) is 12.0. The minimum atomic E-state index is -1.24. The predicted molar refractivity (Wildman–Crippen MR) is 83.2 cm³/mol. The standard InChI is InChI=1S/C14H18N6O5/c15-11-8-12(17-4-16-11)20(5-18-8)13-10(22)9(21)7(25-13)3-24-14(23)19-6-1-2-6/h4-7,9-10,13,21-22H,1-3H2,(H,19,23)(H2,15,16,17)/t7-,9-,10-,13-/m1/s1. The smallest absolute Gasteiger partial charge is 0.407 e. The Balaban J connectivity index is 1.47. The van der Waals surface area contributed by atoms with Crippen molar-refractivity contribution < 1.29 is 24.5 Å². The summed E-state index contributed by atoms with van der Waals surface area (Å²) in [5, 5.41) is 23.1. The fraction of sp³-hybridized carbons (Fsp3) is 0.571. The first kappa shape index (κ1) is 16.0. The number of ether oxygens (including phenoxy) is 2. The van der Waals surface area contributed by atoms with E-state index in [2.05, 4.69) is 20.3 Å². The van der Waals surface area contributed by atoms with Crippen LogP contribution in [0.1, 0.15) is 19.1 Å². The molecule has 2 aliphatic rings. The third kappa shape index (κ3) is 2.97. The largest absolute Gasteiger partial charge is 0.447 e. The van der Waals surface area contributed by atoms with Crippen LogP contribution in [0.25, 0.3) is 11.2 Å². The van der Waals surface area contributed by atoms with Gasteiger partial charge in [0.1, 0.15) is 36.8 Å². The van der Waals surface area contributed by atoms with Crippen molar-refractivity contribution in [2.24, 2.45) is 0 Å². The van der Waals surface area contributed by atoms with Crippen LogP contribution in [0.3, 0.4) is 0 Å². The molecule has 134 valence electrons. The van der Waals surface area contributed by atoms with Gasteiger partial charge in [0.05, 0.1) is 6.33 Å². The number of nitrogen functional groups attached to an aromatic ring is 1. The zero-order valence-electron chi connectivity index (χ0n) is 13.1. The molecule has 2 aromatic rings. The second kappa shape index (κ2) is 6.10. The van der Waals surface area contributed by atoms with Crippen LogP contribution in [0.2, 0.25) is 0 Å². The molecule has 0 radical (unpaired) electrons. The maximum absolute atomic E-state index is 11.6. The number of aliphatic hydroxyl groups excluding tert-OH is 2. The number of aromatic nitrogens is 4. The SMILES string of the molecule is Nc1ncnc2c1ncn2[C@@H]1O[C@H](COC(=O)NC2CC2)[C@@H](O)[C@H]1O. The van der Waals surface area contributed by atoms with Gasteiger partial charge in [0.15, 0.2) is 17.7 Å². The molecular formula is C14H18N6O5. The average molecular weight is 350 g/mol. The molecule has 5 N–H and O–H groups in total. The Labute approximate surface area is 141 Å². The number of alkyl carbamates (subject to hydrolysis) is 1. The summed E-state index contributed by atoms with van der Waals surface area (Å²) >= 11 is 0. The molecule has 11 nitrogen and oxygen atoms in total. The van der Waals surface area contributed by atoms with Crippen LogP contribution in [0, 0.1) is 0 Å². The zero-order valence-corrected chi connectivity index (χ0v) is 13.1. The van der Waals surface area contributed by atoms with Gasteiger partial charge in [-0.25, -0.2) is 19.7 Å². The van der Waals surface area contributed by atoms with Gasteiger partial charge in [0.25, 0.3) is 0 Å². The molecule has 1 amide bonds. The molecule has 1 saturated heterocycles. The molecule has 1 aliphatic carbocycles. The molecule has 0 spiro atoms. The quantitative estimate of drug-likeness (QED) is 0.538. The van der Waals surface area contributed by atoms with E-state index in [1.165, 1.54) is 17.2 Å². The number of rotatable bonds is 4. The van der Waals surface area contributed by atoms with Gasteiger partial charge >= 0.3 is 6.09 Å². The average Bonchev–Trinajstić information content (AvgIpc) is 3.22. The number of carbonyl (C=O) groups is 1. The lowest BCUT2D eigenvalue weighted by Gasteiger charge is -2.16. The van der Waals surface area contributed by atoms with E-state index in [1.807, 2.05) is 0 Å². The van der Waals surface area contributed by atoms with E-state index in [9.17, 15) is 15.0 Å². The van der Waals surface area contributed by atoms with Crippen molar-refractivity contribution in [2.75, 3.05) is 12.3 Å². The predicted octanol–water partition coefficient (Wildman–Crippen LogP) is -1.08. The summed E-state index contributed by atoms with van der Waals surface area (Å²) in [6, 6.07) is 0.169. The number of nitrogens with two attached hydrogens (primary N) is 1. The molecule has 1 aliphatic heterocycles. The van der Waals surface area contributed by atoms with Crippen molar-refractivity contribution in [3.63, 3.8) is 0 Å². The maximum Gasteiger partial charge on any atom is 0.407 e. The van der Waals surface area contributed by atoms with E-state index in [4.69, 9.17) is 15.2 Å². The summed E-state index contributed by atoms with van der Waals surface area (Å²) in [6.45, 7) is -0.183. The number of anilines is 1. The molecule has 25 heavy (non-hydrogen) atoms. The van der Waals surface area contributed by atoms with E-state index in [1.54, 1.807) is 0 Å². The molecule has 0 bridgehead atoms. The van der Waals surface area contributed by atoms with Crippen LogP contribution in [-0.2, 0) is 9.47 Å². The third-order valence-electron chi connectivity index (χ3n) is 4.28. The van der Waals surface area contributed by atoms with Gasteiger partial charge in [-0.15, -0.1) is 0 Å². The Kier molecular flexibility index (Phi) is 3.90. The van der Waals surface area contributed by atoms with E-state index < -0.39 is 30.6 Å². The number of imidazole rings is 1. The molecule has 0 aromatic carbocycles. The van der Waals surface area contributed by atoms with Crippen molar-refractivity contribution in [3.05, 3.63) is 12.7 Å². The Morgan fingerprint density at radius 2 is 2.16 bits per heavy atom. The van der Waals surface area contributed by atoms with Crippen molar-refractivity contribution in [1.29, 1.82) is 0 Å². The highest BCUT2D eigenvalue weighted by Crippen LogP contribution is 2.32. The van der Waals surface area contributed by atoms with Crippen molar-refractivity contribution in [3.8, 4) is 0 Å². The summed E-state index contributed by atoms with van der Waals surface area (Å²) in [5.74, 6) is 0.202. The summed E-state index contributed by atoms with van der Waals surface area (Å²) in [5.41, 5.74) is 6.48. The third-order valence-corrected chi connectivity index (χ3v) is 4.28. The highest BCUT2D eigenvalue weighted by atomic mass is 16.6. The van der Waals surface area contributed by atoms with E-state index in [0.717, 1.165) is 12.8 Å². The van der Waals surface area contributed by atoms with Crippen LogP contribution in [0.5, 0.6) is 0 Å². The van der Waals surface area contributed by atoms with Crippen LogP contribution in [0.15, 0.2) is 12.7 Å². The van der Waals surface area contributed by atoms with E-state index in [-0.39, 0.29) is 18.5 Å². The van der Waals surface area contributed by atoms with Gasteiger partial charge in [-0.2, -0.15) is 0 Å².